The van der Waals surface area contributed by atoms with Crippen molar-refractivity contribution in [2.45, 2.75) is 45.1 Å². The fourth-order valence-electron chi connectivity index (χ4n) is 9.14. The molecule has 5 aromatic carbocycles. The zero-order chi connectivity index (χ0) is 37.1. The molecule has 3 heterocycles. The Morgan fingerprint density at radius 3 is 2.20 bits per heavy atom. The lowest BCUT2D eigenvalue weighted by molar-refractivity contribution is 0.151. The van der Waals surface area contributed by atoms with Gasteiger partial charge in [-0.2, -0.15) is 0 Å². The molecule has 0 radical (unpaired) electrons. The maximum atomic E-state index is 6.92. The molecule has 0 amide bonds. The van der Waals surface area contributed by atoms with Crippen LogP contribution in [-0.2, 0) is 11.8 Å². The molecule has 0 N–H and O–H groups in total. The number of aromatic nitrogens is 3. The second kappa shape index (κ2) is 13.2. The van der Waals surface area contributed by atoms with Gasteiger partial charge < -0.3 is 4.74 Å². The van der Waals surface area contributed by atoms with Crippen molar-refractivity contribution < 1.29 is 4.74 Å². The summed E-state index contributed by atoms with van der Waals surface area (Å²) in [7, 11) is 0. The average Bonchev–Trinajstić information content (AvgIpc) is 3.37. The smallest absolute Gasteiger partial charge is 0.160 e. The number of ether oxygens (including phenoxy) is 1. The first-order chi connectivity index (χ1) is 27.0. The van der Waals surface area contributed by atoms with Gasteiger partial charge in [-0.1, -0.05) is 134 Å². The van der Waals surface area contributed by atoms with Gasteiger partial charge in [0.2, 0.25) is 0 Å². The molecule has 10 rings (SSSR count). The minimum atomic E-state index is -0.514. The number of benzene rings is 5. The predicted octanol–water partition coefficient (Wildman–Crippen LogP) is 11.7. The maximum Gasteiger partial charge on any atom is 0.160 e. The topological polar surface area (TPSA) is 47.9 Å². The van der Waals surface area contributed by atoms with E-state index in [1.54, 1.807) is 0 Å². The van der Waals surface area contributed by atoms with Crippen LogP contribution in [0, 0.1) is 19.8 Å². The van der Waals surface area contributed by atoms with Crippen LogP contribution in [0.2, 0.25) is 0 Å². The molecule has 3 atom stereocenters. The van der Waals surface area contributed by atoms with E-state index >= 15 is 0 Å². The quantitative estimate of drug-likeness (QED) is 0.178. The average molecular weight is 712 g/mol. The molecule has 1 spiro atoms. The van der Waals surface area contributed by atoms with Crippen LogP contribution in [0.5, 0.6) is 5.75 Å². The normalized spacial score (nSPS) is 19.1. The highest BCUT2D eigenvalue weighted by Gasteiger charge is 2.54. The lowest BCUT2D eigenvalue weighted by Crippen LogP contribution is -2.44. The molecule has 4 nitrogen and oxygen atoms in total. The molecule has 0 bridgehead atoms. The fraction of sp³-hybridized carbons (Fsp3) is 0.157. The van der Waals surface area contributed by atoms with E-state index in [9.17, 15) is 0 Å². The van der Waals surface area contributed by atoms with E-state index in [1.165, 1.54) is 44.5 Å². The lowest BCUT2D eigenvalue weighted by Gasteiger charge is -2.45. The van der Waals surface area contributed by atoms with Crippen LogP contribution in [0.15, 0.2) is 163 Å². The fourth-order valence-corrected chi connectivity index (χ4v) is 9.14. The van der Waals surface area contributed by atoms with E-state index in [4.69, 9.17) is 19.7 Å². The Balaban J connectivity index is 1.17. The molecule has 266 valence electrons. The second-order valence-corrected chi connectivity index (χ2v) is 15.3. The van der Waals surface area contributed by atoms with Crippen LogP contribution in [-0.4, -0.2) is 21.1 Å². The molecule has 0 fully saturated rings. The van der Waals surface area contributed by atoms with Gasteiger partial charge in [0.05, 0.1) is 16.8 Å². The van der Waals surface area contributed by atoms with Gasteiger partial charge >= 0.3 is 0 Å². The zero-order valence-electron chi connectivity index (χ0n) is 31.3. The first-order valence-electron chi connectivity index (χ1n) is 19.3. The molecule has 2 aliphatic carbocycles. The van der Waals surface area contributed by atoms with Crippen LogP contribution in [0.25, 0.3) is 45.0 Å². The van der Waals surface area contributed by atoms with E-state index < -0.39 is 5.41 Å². The Labute approximate surface area is 323 Å². The molecule has 1 aliphatic heterocycles. The number of allylic oxidation sites excluding steroid dienone is 3. The molecule has 3 aliphatic rings. The van der Waals surface area contributed by atoms with Gasteiger partial charge in [-0.15, -0.1) is 0 Å². The number of hydrogen-bond acceptors (Lipinski definition) is 4. The first kappa shape index (κ1) is 33.2. The van der Waals surface area contributed by atoms with Gasteiger partial charge in [0.1, 0.15) is 11.9 Å². The van der Waals surface area contributed by atoms with Crippen LogP contribution >= 0.6 is 0 Å². The maximum absolute atomic E-state index is 6.92. The van der Waals surface area contributed by atoms with Crippen molar-refractivity contribution in [1.82, 2.24) is 15.0 Å². The summed E-state index contributed by atoms with van der Waals surface area (Å²) in [5.74, 6) is 1.98. The summed E-state index contributed by atoms with van der Waals surface area (Å²) in [5.41, 5.74) is 16.5. The van der Waals surface area contributed by atoms with Crippen LogP contribution < -0.4 is 4.74 Å². The van der Waals surface area contributed by atoms with Gasteiger partial charge in [-0.3, -0.25) is 4.98 Å². The molecule has 0 saturated carbocycles. The van der Waals surface area contributed by atoms with Gasteiger partial charge in [0, 0.05) is 39.6 Å². The summed E-state index contributed by atoms with van der Waals surface area (Å²) in [6.07, 6.45) is 8.57. The molecule has 55 heavy (non-hydrogen) atoms. The van der Waals surface area contributed by atoms with Crippen LogP contribution in [0.1, 0.15) is 52.5 Å². The highest BCUT2D eigenvalue weighted by Crippen LogP contribution is 2.62. The lowest BCUT2D eigenvalue weighted by atomic mass is 9.62. The van der Waals surface area contributed by atoms with Crippen molar-refractivity contribution in [2.24, 2.45) is 5.92 Å². The van der Waals surface area contributed by atoms with Crippen LogP contribution in [0.3, 0.4) is 0 Å². The summed E-state index contributed by atoms with van der Waals surface area (Å²) < 4.78 is 6.92. The van der Waals surface area contributed by atoms with Crippen molar-refractivity contribution in [3.05, 3.63) is 203 Å². The van der Waals surface area contributed by atoms with Crippen molar-refractivity contribution >= 4 is 0 Å². The van der Waals surface area contributed by atoms with E-state index in [0.717, 1.165) is 58.1 Å². The summed E-state index contributed by atoms with van der Waals surface area (Å²) in [5, 5.41) is 0. The second-order valence-electron chi connectivity index (χ2n) is 15.3. The van der Waals surface area contributed by atoms with Crippen molar-refractivity contribution in [2.75, 3.05) is 0 Å². The van der Waals surface area contributed by atoms with E-state index in [2.05, 4.69) is 166 Å². The van der Waals surface area contributed by atoms with E-state index in [1.807, 2.05) is 13.0 Å². The molecule has 4 heteroatoms. The van der Waals surface area contributed by atoms with Crippen molar-refractivity contribution in [3.63, 3.8) is 0 Å². The van der Waals surface area contributed by atoms with Gasteiger partial charge in [0.25, 0.3) is 0 Å². The Morgan fingerprint density at radius 2 is 1.36 bits per heavy atom. The summed E-state index contributed by atoms with van der Waals surface area (Å²) in [6, 6.07) is 50.1. The minimum absolute atomic E-state index is 0.0605. The monoisotopic (exact) mass is 711 g/mol. The predicted molar refractivity (Wildman–Crippen MR) is 222 cm³/mol. The van der Waals surface area contributed by atoms with Gasteiger partial charge in [-0.25, -0.2) is 9.97 Å². The zero-order valence-corrected chi connectivity index (χ0v) is 31.3. The minimum Gasteiger partial charge on any atom is -0.485 e. The number of rotatable bonds is 5. The molecule has 7 aromatic rings. The number of aryl methyl sites for hydroxylation is 2. The Bertz CT molecular complexity index is 2690. The number of hydrogen-bond donors (Lipinski definition) is 0. The van der Waals surface area contributed by atoms with Crippen molar-refractivity contribution in [1.29, 1.82) is 0 Å². The van der Waals surface area contributed by atoms with Gasteiger partial charge in [-0.05, 0) is 96.0 Å². The number of pyridine rings is 1. The third-order valence-electron chi connectivity index (χ3n) is 11.8. The first-order valence-corrected chi connectivity index (χ1v) is 19.3. The molecule has 3 unspecified atom stereocenters. The summed E-state index contributed by atoms with van der Waals surface area (Å²) >= 11 is 0. The number of fused-ring (bicyclic) bond motifs is 9. The van der Waals surface area contributed by atoms with Crippen molar-refractivity contribution in [3.8, 4) is 50.8 Å². The third kappa shape index (κ3) is 5.47. The molecular weight excluding hydrogens is 671 g/mol. The van der Waals surface area contributed by atoms with Gasteiger partial charge in [0.15, 0.2) is 5.82 Å². The van der Waals surface area contributed by atoms with E-state index in [0.29, 0.717) is 11.7 Å². The standard InChI is InChI=1S/C51H41N3O/c1-32-14-7-9-22-44-49(32)55-48-23-12-11-21-43(48)51(44)42-20-10-8-19-40(42)41-27-26-39(30-45(41)51)47-31-46(53-50(54-47)36-16-5-4-6-17-36)38-18-13-15-35(29-38)28-37-25-24-33(2)52-34(37)3/h4-13,15-27,29-32,49H,14,28H2,1-3H3. The van der Waals surface area contributed by atoms with E-state index in [-0.39, 0.29) is 6.10 Å². The Kier molecular flexibility index (Phi) is 7.95. The Hall–Kier alpha value is -6.39. The highest BCUT2D eigenvalue weighted by atomic mass is 16.5. The number of nitrogens with zero attached hydrogens (tertiary/aromatic N) is 3. The summed E-state index contributed by atoms with van der Waals surface area (Å²) in [4.78, 5) is 15.2. The highest BCUT2D eigenvalue weighted by molar-refractivity contribution is 5.89. The van der Waals surface area contributed by atoms with Crippen LogP contribution in [0.4, 0.5) is 0 Å². The SMILES string of the molecule is Cc1ccc(Cc2cccc(-c3cc(-c4ccc5c(c4)C4(C6=CC=CCC(C)C6Oc6ccccc64)c4ccccc4-5)nc(-c4ccccc4)n3)c2)c(C)n1. The molecule has 2 aromatic heterocycles. The largest absolute Gasteiger partial charge is 0.485 e. The molecule has 0 saturated heterocycles. The number of para-hydroxylation sites is 1. The molecular formula is C51H41N3O. The summed E-state index contributed by atoms with van der Waals surface area (Å²) in [6.45, 7) is 6.45. The Morgan fingerprint density at radius 1 is 0.636 bits per heavy atom. The third-order valence-corrected chi connectivity index (χ3v) is 11.8.